The van der Waals surface area contributed by atoms with Crippen molar-refractivity contribution in [2.75, 3.05) is 0 Å². The first kappa shape index (κ1) is 12.4. The smallest absolute Gasteiger partial charge is 0.124 e. The monoisotopic (exact) mass is 246 g/mol. The van der Waals surface area contributed by atoms with E-state index in [0.717, 1.165) is 5.56 Å². The van der Waals surface area contributed by atoms with E-state index in [-0.39, 0.29) is 17.7 Å². The molecule has 18 heavy (non-hydrogen) atoms. The molecule has 0 saturated heterocycles. The second kappa shape index (κ2) is 5.08. The highest BCUT2D eigenvalue weighted by atomic mass is 19.1. The second-order valence-corrected chi connectivity index (χ2v) is 4.36. The molecule has 2 aromatic carbocycles. The van der Waals surface area contributed by atoms with Gasteiger partial charge in [-0.1, -0.05) is 12.1 Å². The molecule has 0 unspecified atom stereocenters. The first-order valence-corrected chi connectivity index (χ1v) is 5.82. The molecule has 94 valence electrons. The molecule has 2 aromatic rings. The molecule has 0 bridgehead atoms. The number of halogens is 1. The largest absolute Gasteiger partial charge is 0.507 e. The predicted molar refractivity (Wildman–Crippen MR) is 69.3 cm³/mol. The van der Waals surface area contributed by atoms with Crippen LogP contribution in [-0.4, -0.2) is 11.2 Å². The van der Waals surface area contributed by atoms with Crippen LogP contribution in [0.5, 0.6) is 11.5 Å². The molecule has 0 aliphatic heterocycles. The standard InChI is InChI=1S/C15H15FO2/c1-10(2)18-13-5-3-4-11(8-13)14-9-12(16)6-7-15(14)17/h3-10,17H,1-2H3. The van der Waals surface area contributed by atoms with Gasteiger partial charge >= 0.3 is 0 Å². The molecule has 0 saturated carbocycles. The van der Waals surface area contributed by atoms with Gasteiger partial charge in [-0.05, 0) is 49.7 Å². The zero-order chi connectivity index (χ0) is 13.1. The van der Waals surface area contributed by atoms with E-state index in [1.54, 1.807) is 6.07 Å². The van der Waals surface area contributed by atoms with Crippen LogP contribution in [0.1, 0.15) is 13.8 Å². The van der Waals surface area contributed by atoms with E-state index in [4.69, 9.17) is 4.74 Å². The van der Waals surface area contributed by atoms with Crippen LogP contribution in [0.25, 0.3) is 11.1 Å². The summed E-state index contributed by atoms with van der Waals surface area (Å²) in [5, 5.41) is 9.75. The number of hydrogen-bond donors (Lipinski definition) is 1. The van der Waals surface area contributed by atoms with E-state index in [1.165, 1.54) is 18.2 Å². The molecule has 1 N–H and O–H groups in total. The van der Waals surface area contributed by atoms with Gasteiger partial charge in [-0.15, -0.1) is 0 Å². The minimum absolute atomic E-state index is 0.0538. The van der Waals surface area contributed by atoms with Gasteiger partial charge in [0, 0.05) is 5.56 Å². The van der Waals surface area contributed by atoms with Gasteiger partial charge in [0.2, 0.25) is 0 Å². The van der Waals surface area contributed by atoms with Crippen LogP contribution < -0.4 is 4.74 Å². The number of ether oxygens (including phenoxy) is 1. The van der Waals surface area contributed by atoms with E-state index in [0.29, 0.717) is 11.3 Å². The third kappa shape index (κ3) is 2.80. The Hall–Kier alpha value is -2.03. The highest BCUT2D eigenvalue weighted by Gasteiger charge is 2.07. The fourth-order valence-electron chi connectivity index (χ4n) is 1.75. The first-order chi connectivity index (χ1) is 8.56. The van der Waals surface area contributed by atoms with Crippen molar-refractivity contribution in [3.05, 3.63) is 48.3 Å². The quantitative estimate of drug-likeness (QED) is 0.887. The van der Waals surface area contributed by atoms with E-state index in [2.05, 4.69) is 0 Å². The molecule has 0 radical (unpaired) electrons. The maximum absolute atomic E-state index is 13.2. The summed E-state index contributed by atoms with van der Waals surface area (Å²) in [7, 11) is 0. The Balaban J connectivity index is 2.41. The number of phenols is 1. The summed E-state index contributed by atoms with van der Waals surface area (Å²) in [6.07, 6.45) is 0.0707. The number of phenolic OH excluding ortho intramolecular Hbond substituents is 1. The molecule has 0 spiro atoms. The molecule has 0 fully saturated rings. The minimum Gasteiger partial charge on any atom is -0.507 e. The third-order valence-corrected chi connectivity index (χ3v) is 2.48. The van der Waals surface area contributed by atoms with Crippen LogP contribution in [-0.2, 0) is 0 Å². The molecular formula is C15H15FO2. The predicted octanol–water partition coefficient (Wildman–Crippen LogP) is 3.99. The fourth-order valence-corrected chi connectivity index (χ4v) is 1.75. The van der Waals surface area contributed by atoms with E-state index in [9.17, 15) is 9.50 Å². The molecule has 0 heterocycles. The van der Waals surface area contributed by atoms with Crippen molar-refractivity contribution in [2.45, 2.75) is 20.0 Å². The summed E-state index contributed by atoms with van der Waals surface area (Å²) in [5.41, 5.74) is 1.19. The van der Waals surface area contributed by atoms with Gasteiger partial charge in [-0.3, -0.25) is 0 Å². The summed E-state index contributed by atoms with van der Waals surface area (Å²) in [6.45, 7) is 3.87. The first-order valence-electron chi connectivity index (χ1n) is 5.82. The molecule has 0 aromatic heterocycles. The average Bonchev–Trinajstić information content (AvgIpc) is 2.32. The Morgan fingerprint density at radius 3 is 2.61 bits per heavy atom. The van der Waals surface area contributed by atoms with Crippen LogP contribution in [0, 0.1) is 5.82 Å². The average molecular weight is 246 g/mol. The molecule has 0 amide bonds. The van der Waals surface area contributed by atoms with Crippen LogP contribution >= 0.6 is 0 Å². The Morgan fingerprint density at radius 2 is 1.89 bits per heavy atom. The molecular weight excluding hydrogens is 231 g/mol. The molecule has 2 rings (SSSR count). The SMILES string of the molecule is CC(C)Oc1cccc(-c2cc(F)ccc2O)c1. The van der Waals surface area contributed by atoms with Crippen molar-refractivity contribution in [2.24, 2.45) is 0 Å². The lowest BCUT2D eigenvalue weighted by molar-refractivity contribution is 0.242. The normalized spacial score (nSPS) is 10.7. The van der Waals surface area contributed by atoms with Crippen molar-refractivity contribution in [3.63, 3.8) is 0 Å². The molecule has 0 aliphatic carbocycles. The molecule has 0 atom stereocenters. The maximum atomic E-state index is 13.2. The van der Waals surface area contributed by atoms with Crippen molar-refractivity contribution in [1.29, 1.82) is 0 Å². The second-order valence-electron chi connectivity index (χ2n) is 4.36. The highest BCUT2D eigenvalue weighted by molar-refractivity contribution is 5.71. The summed E-state index contributed by atoms with van der Waals surface area (Å²) < 4.78 is 18.8. The summed E-state index contributed by atoms with van der Waals surface area (Å²) >= 11 is 0. The van der Waals surface area contributed by atoms with Crippen molar-refractivity contribution < 1.29 is 14.2 Å². The van der Waals surface area contributed by atoms with Gasteiger partial charge in [0.1, 0.15) is 17.3 Å². The van der Waals surface area contributed by atoms with E-state index in [1.807, 2.05) is 32.0 Å². The zero-order valence-corrected chi connectivity index (χ0v) is 10.4. The van der Waals surface area contributed by atoms with Gasteiger partial charge in [0.15, 0.2) is 0 Å². The Morgan fingerprint density at radius 1 is 1.11 bits per heavy atom. The topological polar surface area (TPSA) is 29.5 Å². The molecule has 0 aliphatic rings. The zero-order valence-electron chi connectivity index (χ0n) is 10.4. The number of hydrogen-bond acceptors (Lipinski definition) is 2. The summed E-state index contributed by atoms with van der Waals surface area (Å²) in [6, 6.07) is 11.1. The van der Waals surface area contributed by atoms with Crippen LogP contribution in [0.3, 0.4) is 0 Å². The lowest BCUT2D eigenvalue weighted by Gasteiger charge is -2.11. The lowest BCUT2D eigenvalue weighted by Crippen LogP contribution is -2.05. The van der Waals surface area contributed by atoms with Gasteiger partial charge in [0.25, 0.3) is 0 Å². The van der Waals surface area contributed by atoms with Gasteiger partial charge in [0.05, 0.1) is 6.10 Å². The third-order valence-electron chi connectivity index (χ3n) is 2.48. The van der Waals surface area contributed by atoms with E-state index >= 15 is 0 Å². The molecule has 3 heteroatoms. The molecule has 2 nitrogen and oxygen atoms in total. The van der Waals surface area contributed by atoms with Crippen molar-refractivity contribution >= 4 is 0 Å². The minimum atomic E-state index is -0.377. The van der Waals surface area contributed by atoms with Crippen molar-refractivity contribution in [1.82, 2.24) is 0 Å². The lowest BCUT2D eigenvalue weighted by atomic mass is 10.0. The maximum Gasteiger partial charge on any atom is 0.124 e. The Bertz CT molecular complexity index is 550. The highest BCUT2D eigenvalue weighted by Crippen LogP contribution is 2.31. The van der Waals surface area contributed by atoms with Crippen LogP contribution in [0.15, 0.2) is 42.5 Å². The summed E-state index contributed by atoms with van der Waals surface area (Å²) in [4.78, 5) is 0. The van der Waals surface area contributed by atoms with Gasteiger partial charge < -0.3 is 9.84 Å². The van der Waals surface area contributed by atoms with E-state index < -0.39 is 0 Å². The number of benzene rings is 2. The Labute approximate surface area is 106 Å². The van der Waals surface area contributed by atoms with Gasteiger partial charge in [-0.2, -0.15) is 0 Å². The summed E-state index contributed by atoms with van der Waals surface area (Å²) in [5.74, 6) is 0.377. The number of rotatable bonds is 3. The van der Waals surface area contributed by atoms with Crippen LogP contribution in [0.2, 0.25) is 0 Å². The van der Waals surface area contributed by atoms with Gasteiger partial charge in [-0.25, -0.2) is 4.39 Å². The Kier molecular flexibility index (Phi) is 3.51. The number of aromatic hydroxyl groups is 1. The fraction of sp³-hybridized carbons (Fsp3) is 0.200. The van der Waals surface area contributed by atoms with Crippen molar-refractivity contribution in [3.8, 4) is 22.6 Å². The van der Waals surface area contributed by atoms with Crippen LogP contribution in [0.4, 0.5) is 4.39 Å².